The van der Waals surface area contributed by atoms with E-state index < -0.39 is 0 Å². The predicted octanol–water partition coefficient (Wildman–Crippen LogP) is 2.39. The van der Waals surface area contributed by atoms with Gasteiger partial charge < -0.3 is 15.6 Å². The molecule has 0 aliphatic rings. The van der Waals surface area contributed by atoms with E-state index in [1.165, 1.54) is 0 Å². The molecule has 98 valence electrons. The van der Waals surface area contributed by atoms with Gasteiger partial charge >= 0.3 is 0 Å². The summed E-state index contributed by atoms with van der Waals surface area (Å²) in [7, 11) is 0. The molecular formula is C15H15NO2S. The molecule has 0 bridgehead atoms. The number of benzene rings is 2. The average molecular weight is 273 g/mol. The van der Waals surface area contributed by atoms with Gasteiger partial charge in [-0.05, 0) is 23.3 Å². The Labute approximate surface area is 117 Å². The van der Waals surface area contributed by atoms with E-state index in [0.29, 0.717) is 11.6 Å². The maximum Gasteiger partial charge on any atom is 0.119 e. The number of aliphatic hydroxyl groups is 1. The summed E-state index contributed by atoms with van der Waals surface area (Å²) in [5, 5.41) is 8.95. The van der Waals surface area contributed by atoms with Gasteiger partial charge in [0.05, 0.1) is 6.61 Å². The number of hydrogen-bond acceptors (Lipinski definition) is 3. The van der Waals surface area contributed by atoms with E-state index in [0.717, 1.165) is 22.4 Å². The number of ether oxygens (including phenoxy) is 1. The predicted molar refractivity (Wildman–Crippen MR) is 79.0 cm³/mol. The van der Waals surface area contributed by atoms with Gasteiger partial charge in [0.25, 0.3) is 0 Å². The van der Waals surface area contributed by atoms with Crippen molar-refractivity contribution in [3.8, 4) is 5.75 Å². The van der Waals surface area contributed by atoms with Crippen molar-refractivity contribution in [1.29, 1.82) is 0 Å². The van der Waals surface area contributed by atoms with E-state index >= 15 is 0 Å². The Kier molecular flexibility index (Phi) is 4.49. The van der Waals surface area contributed by atoms with Gasteiger partial charge in [0.2, 0.25) is 0 Å². The Morgan fingerprint density at radius 1 is 1.00 bits per heavy atom. The molecule has 0 heterocycles. The molecular weight excluding hydrogens is 258 g/mol. The molecule has 0 saturated heterocycles. The van der Waals surface area contributed by atoms with Gasteiger partial charge in [-0.1, -0.05) is 48.6 Å². The van der Waals surface area contributed by atoms with Crippen LogP contribution in [-0.2, 0) is 13.2 Å². The van der Waals surface area contributed by atoms with E-state index in [1.807, 2.05) is 48.5 Å². The highest BCUT2D eigenvalue weighted by molar-refractivity contribution is 7.80. The highest BCUT2D eigenvalue weighted by Crippen LogP contribution is 2.14. The van der Waals surface area contributed by atoms with Crippen LogP contribution >= 0.6 is 12.2 Å². The molecule has 0 aromatic heterocycles. The van der Waals surface area contributed by atoms with E-state index in [-0.39, 0.29) is 6.61 Å². The van der Waals surface area contributed by atoms with E-state index in [1.54, 1.807) is 0 Å². The molecule has 0 radical (unpaired) electrons. The number of aliphatic hydroxyl groups excluding tert-OH is 1. The van der Waals surface area contributed by atoms with Crippen LogP contribution in [0.25, 0.3) is 0 Å². The molecule has 0 unspecified atom stereocenters. The standard InChI is InChI=1S/C15H15NO2S/c16-15(19)13-5-1-12(2-6-13)10-18-14-7-3-11(9-17)4-8-14/h1-8,17H,9-10H2,(H2,16,19). The molecule has 0 amide bonds. The van der Waals surface area contributed by atoms with Gasteiger partial charge in [-0.25, -0.2) is 0 Å². The van der Waals surface area contributed by atoms with Gasteiger partial charge in [0, 0.05) is 5.56 Å². The first-order valence-electron chi connectivity index (χ1n) is 5.90. The second kappa shape index (κ2) is 6.31. The van der Waals surface area contributed by atoms with E-state index in [9.17, 15) is 0 Å². The van der Waals surface area contributed by atoms with Crippen molar-refractivity contribution in [1.82, 2.24) is 0 Å². The smallest absolute Gasteiger partial charge is 0.119 e. The van der Waals surface area contributed by atoms with Crippen LogP contribution in [0.4, 0.5) is 0 Å². The molecule has 4 heteroatoms. The summed E-state index contributed by atoms with van der Waals surface area (Å²) in [4.78, 5) is 0.395. The van der Waals surface area contributed by atoms with Gasteiger partial charge in [0.1, 0.15) is 17.3 Å². The van der Waals surface area contributed by atoms with E-state index in [2.05, 4.69) is 0 Å². The fourth-order valence-corrected chi connectivity index (χ4v) is 1.76. The number of thiocarbonyl (C=S) groups is 1. The summed E-state index contributed by atoms with van der Waals surface area (Å²) < 4.78 is 5.65. The van der Waals surface area contributed by atoms with Gasteiger partial charge in [-0.2, -0.15) is 0 Å². The van der Waals surface area contributed by atoms with E-state index in [4.69, 9.17) is 27.8 Å². The van der Waals surface area contributed by atoms with Gasteiger partial charge in [-0.15, -0.1) is 0 Å². The third-order valence-electron chi connectivity index (χ3n) is 2.75. The van der Waals surface area contributed by atoms with Crippen molar-refractivity contribution < 1.29 is 9.84 Å². The second-order valence-corrected chi connectivity index (χ2v) is 4.59. The Balaban J connectivity index is 1.95. The summed E-state index contributed by atoms with van der Waals surface area (Å²) in [6.45, 7) is 0.525. The van der Waals surface area contributed by atoms with Crippen molar-refractivity contribution in [2.45, 2.75) is 13.2 Å². The molecule has 2 rings (SSSR count). The van der Waals surface area contributed by atoms with Crippen LogP contribution in [0.2, 0.25) is 0 Å². The number of nitrogens with two attached hydrogens (primary N) is 1. The summed E-state index contributed by atoms with van der Waals surface area (Å²) >= 11 is 4.90. The van der Waals surface area contributed by atoms with Gasteiger partial charge in [-0.3, -0.25) is 0 Å². The highest BCUT2D eigenvalue weighted by atomic mass is 32.1. The molecule has 2 aromatic rings. The van der Waals surface area contributed by atoms with Crippen LogP contribution in [0, 0.1) is 0 Å². The molecule has 2 aromatic carbocycles. The molecule has 0 fully saturated rings. The second-order valence-electron chi connectivity index (χ2n) is 4.15. The zero-order chi connectivity index (χ0) is 13.7. The number of hydrogen-bond donors (Lipinski definition) is 2. The quantitative estimate of drug-likeness (QED) is 0.821. The van der Waals surface area contributed by atoms with Crippen LogP contribution in [0.1, 0.15) is 16.7 Å². The lowest BCUT2D eigenvalue weighted by Gasteiger charge is -2.07. The Hall–Kier alpha value is -1.91. The fourth-order valence-electron chi connectivity index (χ4n) is 1.62. The minimum absolute atomic E-state index is 0.0424. The normalized spacial score (nSPS) is 10.2. The molecule has 3 N–H and O–H groups in total. The first kappa shape index (κ1) is 13.5. The van der Waals surface area contributed by atoms with Crippen LogP contribution in [-0.4, -0.2) is 10.1 Å². The van der Waals surface area contributed by atoms with Crippen LogP contribution in [0.3, 0.4) is 0 Å². The SMILES string of the molecule is NC(=S)c1ccc(COc2ccc(CO)cc2)cc1. The minimum atomic E-state index is 0.0424. The topological polar surface area (TPSA) is 55.5 Å². The largest absolute Gasteiger partial charge is 0.489 e. The lowest BCUT2D eigenvalue weighted by atomic mass is 10.1. The lowest BCUT2D eigenvalue weighted by Crippen LogP contribution is -2.09. The average Bonchev–Trinajstić information content (AvgIpc) is 2.46. The Morgan fingerprint density at radius 2 is 1.58 bits per heavy atom. The van der Waals surface area contributed by atoms with Crippen LogP contribution < -0.4 is 10.5 Å². The molecule has 0 aliphatic carbocycles. The first-order chi connectivity index (χ1) is 9.19. The monoisotopic (exact) mass is 273 g/mol. The van der Waals surface area contributed by atoms with Crippen LogP contribution in [0.15, 0.2) is 48.5 Å². The molecule has 0 aliphatic heterocycles. The summed E-state index contributed by atoms with van der Waals surface area (Å²) in [5.74, 6) is 0.774. The lowest BCUT2D eigenvalue weighted by molar-refractivity contribution is 0.280. The maximum atomic E-state index is 8.95. The molecule has 0 spiro atoms. The van der Waals surface area contributed by atoms with Crippen molar-refractivity contribution in [3.63, 3.8) is 0 Å². The van der Waals surface area contributed by atoms with Crippen molar-refractivity contribution >= 4 is 17.2 Å². The number of rotatable bonds is 5. The molecule has 0 atom stereocenters. The van der Waals surface area contributed by atoms with Crippen molar-refractivity contribution in [2.75, 3.05) is 0 Å². The molecule has 19 heavy (non-hydrogen) atoms. The maximum absolute atomic E-state index is 8.95. The first-order valence-corrected chi connectivity index (χ1v) is 6.31. The van der Waals surface area contributed by atoms with Crippen LogP contribution in [0.5, 0.6) is 5.75 Å². The Morgan fingerprint density at radius 3 is 2.11 bits per heavy atom. The summed E-state index contributed by atoms with van der Waals surface area (Å²) in [5.41, 5.74) is 8.30. The van der Waals surface area contributed by atoms with Crippen molar-refractivity contribution in [2.24, 2.45) is 5.73 Å². The molecule has 0 saturated carbocycles. The Bertz CT molecular complexity index is 549. The zero-order valence-corrected chi connectivity index (χ0v) is 11.2. The summed E-state index contributed by atoms with van der Waals surface area (Å²) in [6.07, 6.45) is 0. The third kappa shape index (κ3) is 3.77. The fraction of sp³-hybridized carbons (Fsp3) is 0.133. The van der Waals surface area contributed by atoms with Crippen molar-refractivity contribution in [3.05, 3.63) is 65.2 Å². The van der Waals surface area contributed by atoms with Gasteiger partial charge in [0.15, 0.2) is 0 Å². The zero-order valence-electron chi connectivity index (χ0n) is 10.4. The minimum Gasteiger partial charge on any atom is -0.489 e. The molecule has 3 nitrogen and oxygen atoms in total. The summed E-state index contributed by atoms with van der Waals surface area (Å²) in [6, 6.07) is 15.0. The third-order valence-corrected chi connectivity index (χ3v) is 2.99. The highest BCUT2D eigenvalue weighted by Gasteiger charge is 1.99.